The van der Waals surface area contributed by atoms with Crippen molar-refractivity contribution in [3.05, 3.63) is 29.6 Å². The predicted octanol–water partition coefficient (Wildman–Crippen LogP) is 0.0717. The van der Waals surface area contributed by atoms with Gasteiger partial charge in [-0.15, -0.1) is 0 Å². The van der Waals surface area contributed by atoms with Crippen LogP contribution < -0.4 is 11.1 Å². The van der Waals surface area contributed by atoms with E-state index in [2.05, 4.69) is 22.1 Å². The summed E-state index contributed by atoms with van der Waals surface area (Å²) < 4.78 is 0. The van der Waals surface area contributed by atoms with Crippen molar-refractivity contribution in [3.8, 4) is 11.8 Å². The van der Waals surface area contributed by atoms with Gasteiger partial charge in [0.25, 0.3) is 5.91 Å². The van der Waals surface area contributed by atoms with Crippen molar-refractivity contribution in [2.24, 2.45) is 5.73 Å². The molecule has 0 radical (unpaired) electrons. The Bertz CT molecular complexity index is 488. The van der Waals surface area contributed by atoms with Crippen molar-refractivity contribution in [1.82, 2.24) is 15.2 Å². The number of carbonyl (C=O) groups is 1. The van der Waals surface area contributed by atoms with E-state index in [4.69, 9.17) is 5.73 Å². The van der Waals surface area contributed by atoms with Gasteiger partial charge < -0.3 is 16.0 Å². The number of carbonyl (C=O) groups excluding carboxylic acids is 1. The Kier molecular flexibility index (Phi) is 6.00. The van der Waals surface area contributed by atoms with Gasteiger partial charge in [0.15, 0.2) is 0 Å². The van der Waals surface area contributed by atoms with Crippen molar-refractivity contribution < 1.29 is 4.79 Å². The van der Waals surface area contributed by atoms with E-state index in [1.54, 1.807) is 12.3 Å². The van der Waals surface area contributed by atoms with Crippen LogP contribution in [-0.2, 0) is 0 Å². The van der Waals surface area contributed by atoms with Crippen molar-refractivity contribution in [2.45, 2.75) is 13.0 Å². The molecule has 0 aliphatic heterocycles. The number of hydrogen-bond donors (Lipinski definition) is 2. The first-order valence-corrected chi connectivity index (χ1v) is 6.13. The van der Waals surface area contributed by atoms with Gasteiger partial charge in [-0.1, -0.05) is 11.8 Å². The Labute approximate surface area is 114 Å². The van der Waals surface area contributed by atoms with Gasteiger partial charge in [0.05, 0.1) is 12.1 Å². The molecule has 102 valence electrons. The number of hydrogen-bond acceptors (Lipinski definition) is 4. The number of nitrogens with zero attached hydrogens (tertiary/aromatic N) is 2. The summed E-state index contributed by atoms with van der Waals surface area (Å²) in [5.41, 5.74) is 6.51. The highest BCUT2D eigenvalue weighted by atomic mass is 16.1. The van der Waals surface area contributed by atoms with Crippen LogP contribution in [0.1, 0.15) is 22.8 Å². The molecule has 0 bridgehead atoms. The third-order valence-corrected chi connectivity index (χ3v) is 2.77. The van der Waals surface area contributed by atoms with E-state index in [0.29, 0.717) is 17.7 Å². The third kappa shape index (κ3) is 5.08. The fourth-order valence-electron chi connectivity index (χ4n) is 1.31. The molecular formula is C14H20N4O. The monoisotopic (exact) mass is 260 g/mol. The van der Waals surface area contributed by atoms with Crippen molar-refractivity contribution >= 4 is 5.91 Å². The minimum Gasteiger partial charge on any atom is -0.350 e. The lowest BCUT2D eigenvalue weighted by molar-refractivity contribution is 0.0943. The maximum absolute atomic E-state index is 12.0. The van der Waals surface area contributed by atoms with Gasteiger partial charge >= 0.3 is 0 Å². The molecule has 0 aromatic carbocycles. The summed E-state index contributed by atoms with van der Waals surface area (Å²) in [6.07, 6.45) is 3.14. The van der Waals surface area contributed by atoms with Crippen molar-refractivity contribution in [3.63, 3.8) is 0 Å². The maximum atomic E-state index is 12.0. The van der Waals surface area contributed by atoms with Crippen LogP contribution in [0.15, 0.2) is 18.5 Å². The van der Waals surface area contributed by atoms with Gasteiger partial charge in [-0.2, -0.15) is 0 Å². The summed E-state index contributed by atoms with van der Waals surface area (Å²) >= 11 is 0. The van der Waals surface area contributed by atoms with Gasteiger partial charge in [0, 0.05) is 30.5 Å². The van der Waals surface area contributed by atoms with Crippen LogP contribution in [0.3, 0.4) is 0 Å². The Hall–Kier alpha value is -1.90. The Balaban J connectivity index is 2.67. The molecule has 1 unspecified atom stereocenters. The zero-order chi connectivity index (χ0) is 14.3. The molecule has 3 N–H and O–H groups in total. The van der Waals surface area contributed by atoms with E-state index in [1.807, 2.05) is 25.9 Å². The number of rotatable bonds is 4. The molecule has 0 aliphatic rings. The predicted molar refractivity (Wildman–Crippen MR) is 75.7 cm³/mol. The standard InChI is InChI=1S/C14H20N4O/c1-11(18(2)3)8-17-14(19)13-7-12(5-4-6-15)9-16-10-13/h7,9-11H,6,8,15H2,1-3H3,(H,17,19). The Morgan fingerprint density at radius 2 is 2.26 bits per heavy atom. The van der Waals surface area contributed by atoms with Crippen LogP contribution in [0.2, 0.25) is 0 Å². The maximum Gasteiger partial charge on any atom is 0.252 e. The van der Waals surface area contributed by atoms with Crippen LogP contribution in [0.25, 0.3) is 0 Å². The number of pyridine rings is 1. The van der Waals surface area contributed by atoms with Crippen LogP contribution in [0.5, 0.6) is 0 Å². The molecule has 1 aromatic rings. The van der Waals surface area contributed by atoms with E-state index in [0.717, 1.165) is 0 Å². The summed E-state index contributed by atoms with van der Waals surface area (Å²) in [7, 11) is 3.95. The molecule has 1 rings (SSSR count). The Morgan fingerprint density at radius 3 is 2.89 bits per heavy atom. The Morgan fingerprint density at radius 1 is 1.53 bits per heavy atom. The highest BCUT2D eigenvalue weighted by Crippen LogP contribution is 2.01. The van der Waals surface area contributed by atoms with Crippen molar-refractivity contribution in [2.75, 3.05) is 27.2 Å². The molecule has 1 atom stereocenters. The molecule has 0 saturated carbocycles. The topological polar surface area (TPSA) is 71.2 Å². The lowest BCUT2D eigenvalue weighted by atomic mass is 10.2. The van der Waals surface area contributed by atoms with E-state index in [9.17, 15) is 4.79 Å². The van der Waals surface area contributed by atoms with Crippen LogP contribution in [0.4, 0.5) is 0 Å². The molecule has 1 heterocycles. The van der Waals surface area contributed by atoms with Gasteiger partial charge in [0.1, 0.15) is 0 Å². The molecule has 1 amide bonds. The van der Waals surface area contributed by atoms with E-state index < -0.39 is 0 Å². The number of nitrogens with one attached hydrogen (secondary N) is 1. The molecular weight excluding hydrogens is 240 g/mol. The van der Waals surface area contributed by atoms with Gasteiger partial charge in [-0.05, 0) is 27.1 Å². The van der Waals surface area contributed by atoms with Gasteiger partial charge in [-0.25, -0.2) is 0 Å². The average molecular weight is 260 g/mol. The van der Waals surface area contributed by atoms with Crippen LogP contribution in [-0.4, -0.2) is 49.0 Å². The molecule has 0 spiro atoms. The second-order valence-corrected chi connectivity index (χ2v) is 4.49. The van der Waals surface area contributed by atoms with E-state index in [1.165, 1.54) is 6.20 Å². The highest BCUT2D eigenvalue weighted by molar-refractivity contribution is 5.94. The smallest absolute Gasteiger partial charge is 0.252 e. The number of likely N-dealkylation sites (N-methyl/N-ethyl adjacent to an activating group) is 1. The van der Waals surface area contributed by atoms with Crippen LogP contribution in [0, 0.1) is 11.8 Å². The van der Waals surface area contributed by atoms with Crippen LogP contribution >= 0.6 is 0 Å². The minimum atomic E-state index is -0.141. The molecule has 0 saturated heterocycles. The zero-order valence-corrected chi connectivity index (χ0v) is 11.6. The largest absolute Gasteiger partial charge is 0.350 e. The number of nitrogens with two attached hydrogens (primary N) is 1. The fourth-order valence-corrected chi connectivity index (χ4v) is 1.31. The average Bonchev–Trinajstić information content (AvgIpc) is 2.42. The second kappa shape index (κ2) is 7.52. The fraction of sp³-hybridized carbons (Fsp3) is 0.429. The SMILES string of the molecule is CC(CNC(=O)c1cncc(C#CCN)c1)N(C)C. The molecule has 5 heteroatoms. The quantitative estimate of drug-likeness (QED) is 0.752. The summed E-state index contributed by atoms with van der Waals surface area (Å²) in [5.74, 6) is 5.45. The number of aromatic nitrogens is 1. The first kappa shape index (κ1) is 15.2. The number of amides is 1. The third-order valence-electron chi connectivity index (χ3n) is 2.77. The molecule has 19 heavy (non-hydrogen) atoms. The summed E-state index contributed by atoms with van der Waals surface area (Å²) in [6.45, 7) is 2.92. The first-order chi connectivity index (χ1) is 9.04. The van der Waals surface area contributed by atoms with Gasteiger partial charge in [0.2, 0.25) is 0 Å². The summed E-state index contributed by atoms with van der Waals surface area (Å²) in [6, 6.07) is 1.99. The lowest BCUT2D eigenvalue weighted by Crippen LogP contribution is -2.38. The van der Waals surface area contributed by atoms with E-state index >= 15 is 0 Å². The second-order valence-electron chi connectivity index (χ2n) is 4.49. The van der Waals surface area contributed by atoms with Gasteiger partial charge in [-0.3, -0.25) is 9.78 Å². The zero-order valence-electron chi connectivity index (χ0n) is 11.6. The normalized spacial score (nSPS) is 11.6. The van der Waals surface area contributed by atoms with E-state index in [-0.39, 0.29) is 18.5 Å². The molecule has 5 nitrogen and oxygen atoms in total. The lowest BCUT2D eigenvalue weighted by Gasteiger charge is -2.19. The van der Waals surface area contributed by atoms with Crippen molar-refractivity contribution in [1.29, 1.82) is 0 Å². The highest BCUT2D eigenvalue weighted by Gasteiger charge is 2.09. The summed E-state index contributed by atoms with van der Waals surface area (Å²) in [5, 5.41) is 2.87. The summed E-state index contributed by atoms with van der Waals surface area (Å²) in [4.78, 5) is 18.0. The first-order valence-electron chi connectivity index (χ1n) is 6.13. The molecule has 0 fully saturated rings. The molecule has 0 aliphatic carbocycles. The molecule has 1 aromatic heterocycles. The minimum absolute atomic E-state index is 0.141.